The molecule has 7 rings (SSSR count). The molecule has 0 radical (unpaired) electrons. The molecule has 2 heterocycles. The van der Waals surface area contributed by atoms with Gasteiger partial charge >= 0.3 is 6.69 Å². The third kappa shape index (κ3) is 5.31. The van der Waals surface area contributed by atoms with Gasteiger partial charge in [-0.3, -0.25) is 4.79 Å². The summed E-state index contributed by atoms with van der Waals surface area (Å²) in [6, 6.07) is 32.7. The molecule has 0 aliphatic carbocycles. The van der Waals surface area contributed by atoms with Crippen LogP contribution in [-0.4, -0.2) is 58.2 Å². The quantitative estimate of drug-likeness (QED) is 0.0967. The topological polar surface area (TPSA) is 84.7 Å². The second kappa shape index (κ2) is 12.8. The van der Waals surface area contributed by atoms with E-state index in [1.54, 1.807) is 32.4 Å². The lowest BCUT2D eigenvalue weighted by Gasteiger charge is -2.38. The largest absolute Gasteiger partial charge is 0.689 e. The fourth-order valence-corrected chi connectivity index (χ4v) is 6.55. The minimum absolute atomic E-state index is 0.249. The molecule has 0 spiro atoms. The van der Waals surface area contributed by atoms with Crippen LogP contribution >= 0.6 is 0 Å². The number of nitrogens with zero attached hydrogens (tertiary/aromatic N) is 1. The molecule has 0 fully saturated rings. The third-order valence-electron chi connectivity index (χ3n) is 8.79. The number of hydrogen-bond donors (Lipinski definition) is 0. The van der Waals surface area contributed by atoms with Crippen molar-refractivity contribution in [3.05, 3.63) is 131 Å². The van der Waals surface area contributed by atoms with E-state index < -0.39 is 6.69 Å². The lowest BCUT2D eigenvalue weighted by molar-refractivity contribution is -0.317. The van der Waals surface area contributed by atoms with E-state index in [0.717, 1.165) is 28.1 Å². The Morgan fingerprint density at radius 2 is 1.37 bits per heavy atom. The molecule has 49 heavy (non-hydrogen) atoms. The Labute approximate surface area is 284 Å². The summed E-state index contributed by atoms with van der Waals surface area (Å²) < 4.78 is 44.0. The van der Waals surface area contributed by atoms with Gasteiger partial charge in [-0.1, -0.05) is 48.5 Å². The van der Waals surface area contributed by atoms with Gasteiger partial charge in [-0.15, -0.1) is 0 Å². The predicted molar refractivity (Wildman–Crippen MR) is 188 cm³/mol. The number of ketones is 1. The first-order valence-corrected chi connectivity index (χ1v) is 15.7. The number of hydrogen-bond acceptors (Lipinski definition) is 8. The molecule has 246 valence electrons. The van der Waals surface area contributed by atoms with E-state index in [1.165, 1.54) is 27.4 Å². The van der Waals surface area contributed by atoms with Gasteiger partial charge < -0.3 is 37.5 Å². The molecule has 10 heteroatoms. The van der Waals surface area contributed by atoms with Crippen LogP contribution in [0.15, 0.2) is 109 Å². The minimum Gasteiger partial charge on any atom is -0.618 e. The van der Waals surface area contributed by atoms with E-state index in [1.807, 2.05) is 78.9 Å². The first-order valence-electron chi connectivity index (χ1n) is 15.7. The van der Waals surface area contributed by atoms with Gasteiger partial charge in [0.25, 0.3) is 0 Å². The molecular formula is C39H34BNO8. The number of benzene rings is 5. The van der Waals surface area contributed by atoms with E-state index in [9.17, 15) is 4.79 Å². The van der Waals surface area contributed by atoms with E-state index >= 15 is 0 Å². The normalized spacial score (nSPS) is 15.8. The highest BCUT2D eigenvalue weighted by Gasteiger charge is 2.61. The van der Waals surface area contributed by atoms with Crippen LogP contribution in [0.1, 0.15) is 27.0 Å². The summed E-state index contributed by atoms with van der Waals surface area (Å²) in [5.41, 5.74) is 5.40. The fraction of sp³-hybridized carbons (Fsp3) is 0.128. The van der Waals surface area contributed by atoms with Crippen molar-refractivity contribution >= 4 is 35.4 Å². The zero-order valence-electron chi connectivity index (χ0n) is 27.8. The zero-order chi connectivity index (χ0) is 34.1. The van der Waals surface area contributed by atoms with Gasteiger partial charge in [0.1, 0.15) is 11.5 Å². The maximum atomic E-state index is 13.5. The molecule has 0 bridgehead atoms. The first kappa shape index (κ1) is 31.4. The Morgan fingerprint density at radius 1 is 0.673 bits per heavy atom. The molecule has 0 N–H and O–H groups in total. The Balaban J connectivity index is 1.40. The van der Waals surface area contributed by atoms with E-state index in [4.69, 9.17) is 33.0 Å². The van der Waals surface area contributed by atoms with Crippen LogP contribution in [0.4, 0.5) is 5.69 Å². The molecule has 9 nitrogen and oxygen atoms in total. The number of ether oxygens (including phenoxy) is 5. The Bertz CT molecular complexity index is 2120. The number of rotatable bonds is 10. The minimum atomic E-state index is -2.49. The smallest absolute Gasteiger partial charge is 0.618 e. The highest BCUT2D eigenvalue weighted by Crippen LogP contribution is 2.46. The van der Waals surface area contributed by atoms with Crippen molar-refractivity contribution in [1.82, 2.24) is 0 Å². The number of carbonyl (C=O) groups is 1. The molecule has 0 aromatic heterocycles. The Hall–Kier alpha value is -6.16. The van der Waals surface area contributed by atoms with E-state index in [0.29, 0.717) is 51.3 Å². The van der Waals surface area contributed by atoms with Gasteiger partial charge in [0, 0.05) is 28.7 Å². The lowest BCUT2D eigenvalue weighted by Crippen LogP contribution is -2.67. The lowest BCUT2D eigenvalue weighted by atomic mass is 9.60. The van der Waals surface area contributed by atoms with Crippen molar-refractivity contribution in [1.29, 1.82) is 0 Å². The summed E-state index contributed by atoms with van der Waals surface area (Å²) in [6.07, 6.45) is 3.25. The zero-order valence-corrected chi connectivity index (χ0v) is 27.8. The molecule has 1 unspecified atom stereocenters. The van der Waals surface area contributed by atoms with Crippen LogP contribution in [0.3, 0.4) is 0 Å². The average molecular weight is 656 g/mol. The van der Waals surface area contributed by atoms with Crippen LogP contribution in [-0.2, 0) is 0 Å². The molecule has 2 aliphatic rings. The summed E-state index contributed by atoms with van der Waals surface area (Å²) in [6.45, 7) is -2.49. The van der Waals surface area contributed by atoms with Gasteiger partial charge in [0.2, 0.25) is 5.75 Å². The number of fused-ring (bicyclic) bond motifs is 4. The van der Waals surface area contributed by atoms with Gasteiger partial charge in [0.05, 0.1) is 52.6 Å². The van der Waals surface area contributed by atoms with Gasteiger partial charge in [-0.2, -0.15) is 0 Å². The maximum absolute atomic E-state index is 13.5. The van der Waals surface area contributed by atoms with Crippen LogP contribution < -0.4 is 38.5 Å². The summed E-state index contributed by atoms with van der Waals surface area (Å²) in [5, 5.41) is 0. The molecule has 0 saturated heterocycles. The fourth-order valence-electron chi connectivity index (χ4n) is 6.55. The molecule has 5 aromatic carbocycles. The van der Waals surface area contributed by atoms with Crippen molar-refractivity contribution in [3.63, 3.8) is 0 Å². The van der Waals surface area contributed by atoms with Crippen molar-refractivity contribution in [2.24, 2.45) is 0 Å². The number of para-hydroxylation sites is 2. The molecule has 5 aromatic rings. The highest BCUT2D eigenvalue weighted by molar-refractivity contribution is 6.78. The van der Waals surface area contributed by atoms with Gasteiger partial charge in [-0.25, -0.2) is 0 Å². The van der Waals surface area contributed by atoms with Crippen molar-refractivity contribution in [3.8, 4) is 40.2 Å². The van der Waals surface area contributed by atoms with Gasteiger partial charge in [0.15, 0.2) is 28.7 Å². The number of allylic oxidation sites excluding steroid dienone is 1. The third-order valence-corrected chi connectivity index (χ3v) is 8.79. The van der Waals surface area contributed by atoms with Crippen molar-refractivity contribution in [2.45, 2.75) is 0 Å². The van der Waals surface area contributed by atoms with E-state index in [-0.39, 0.29) is 5.78 Å². The summed E-state index contributed by atoms with van der Waals surface area (Å²) in [5.74, 6) is 3.41. The van der Waals surface area contributed by atoms with Crippen LogP contribution in [0.25, 0.3) is 6.08 Å². The number of carbonyl (C=O) groups excluding carboxylic acids is 1. The molecule has 2 aliphatic heterocycles. The summed E-state index contributed by atoms with van der Waals surface area (Å²) in [4.78, 5) is 13.5. The summed E-state index contributed by atoms with van der Waals surface area (Å²) in [7, 11) is 7.78. The molecular weight excluding hydrogens is 621 g/mol. The van der Waals surface area contributed by atoms with Crippen LogP contribution in [0, 0.1) is 0 Å². The van der Waals surface area contributed by atoms with Gasteiger partial charge in [-0.05, 0) is 60.2 Å². The van der Waals surface area contributed by atoms with Crippen LogP contribution in [0.5, 0.6) is 40.2 Å². The van der Waals surface area contributed by atoms with Crippen molar-refractivity contribution < 1.29 is 42.3 Å². The number of methoxy groups -OCH3 is 5. The second-order valence-corrected chi connectivity index (χ2v) is 11.4. The molecule has 1 atom stereocenters. The van der Waals surface area contributed by atoms with E-state index in [2.05, 4.69) is 16.6 Å². The van der Waals surface area contributed by atoms with Crippen LogP contribution in [0.2, 0.25) is 0 Å². The Morgan fingerprint density at radius 3 is 2.06 bits per heavy atom. The molecule has 0 amide bonds. The SMILES string of the molecule is COc1ccc2c(c1)O[B-]1(c3cc(/C=C/C(=O)c4cc(OC)c(OC)c(OC)c4)ccc3OC)Oc3ccccc3[N+]1=C2c1ccccc1. The standard InChI is InChI=1S/C39H34BNO8/c1-43-28-17-18-29-35(24-28)49-40(41(31-13-9-10-14-34(31)48-40)38(29)26-11-7-6-8-12-26)30-21-25(16-20-33(30)44-2)15-19-32(42)27-22-36(45-3)39(47-5)37(23-27)46-4/h6-24H,1-5H3/b19-15+. The molecule has 0 saturated carbocycles. The summed E-state index contributed by atoms with van der Waals surface area (Å²) >= 11 is 0. The monoisotopic (exact) mass is 655 g/mol. The first-order chi connectivity index (χ1) is 23.9. The second-order valence-electron chi connectivity index (χ2n) is 11.4. The average Bonchev–Trinajstić information content (AvgIpc) is 3.49. The van der Waals surface area contributed by atoms with Crippen molar-refractivity contribution in [2.75, 3.05) is 35.5 Å². The predicted octanol–water partition coefficient (Wildman–Crippen LogP) is 6.44. The Kier molecular flexibility index (Phi) is 8.22. The maximum Gasteiger partial charge on any atom is 0.689 e. The highest BCUT2D eigenvalue weighted by atomic mass is 16.6.